The molecule has 0 aromatic rings. The number of rotatable bonds is 4. The molecule has 1 heterocycles. The van der Waals surface area contributed by atoms with E-state index < -0.39 is 12.2 Å². The maximum absolute atomic E-state index is 12.5. The van der Waals surface area contributed by atoms with Gasteiger partial charge >= 0.3 is 0 Å². The highest BCUT2D eigenvalue weighted by Gasteiger charge is 2.14. The van der Waals surface area contributed by atoms with Crippen molar-refractivity contribution >= 4 is 11.7 Å². The Hall–Kier alpha value is -2.76. The van der Waals surface area contributed by atoms with E-state index in [2.05, 4.69) is 18.3 Å². The summed E-state index contributed by atoms with van der Waals surface area (Å²) in [5.41, 5.74) is 1.67. The zero-order valence-corrected chi connectivity index (χ0v) is 19.4. The predicted octanol–water partition coefficient (Wildman–Crippen LogP) is 4.42. The highest BCUT2D eigenvalue weighted by molar-refractivity contribution is 5.89. The van der Waals surface area contributed by atoms with Gasteiger partial charge in [0.25, 0.3) is 0 Å². The van der Waals surface area contributed by atoms with Crippen molar-refractivity contribution < 1.29 is 19.8 Å². The van der Waals surface area contributed by atoms with Crippen LogP contribution in [-0.4, -0.2) is 40.2 Å². The molecule has 174 valence electrons. The Kier molecular flexibility index (Phi) is 13.6. The average Bonchev–Trinajstić information content (AvgIpc) is 2.74. The first kappa shape index (κ1) is 27.3. The van der Waals surface area contributed by atoms with Crippen molar-refractivity contribution in [3.63, 3.8) is 0 Å². The summed E-state index contributed by atoms with van der Waals surface area (Å²) >= 11 is 0. The second-order valence-electron chi connectivity index (χ2n) is 7.95. The van der Waals surface area contributed by atoms with Crippen molar-refractivity contribution in [2.75, 3.05) is 0 Å². The topological polar surface area (TPSA) is 86.6 Å². The van der Waals surface area contributed by atoms with Gasteiger partial charge in [0.15, 0.2) is 0 Å². The maximum Gasteiger partial charge on any atom is 0.244 e. The van der Waals surface area contributed by atoms with Gasteiger partial charge in [-0.05, 0) is 26.7 Å². The van der Waals surface area contributed by atoms with Gasteiger partial charge in [-0.1, -0.05) is 91.3 Å². The molecule has 3 unspecified atom stereocenters. The Morgan fingerprint density at radius 2 is 1.66 bits per heavy atom. The lowest BCUT2D eigenvalue weighted by Crippen LogP contribution is -2.35. The van der Waals surface area contributed by atoms with Gasteiger partial charge in [0.05, 0.1) is 0 Å². The number of aliphatic hydroxyl groups excluding tert-OH is 2. The molecule has 0 aromatic carbocycles. The normalized spacial score (nSPS) is 31.6. The second kappa shape index (κ2) is 16.0. The molecule has 5 heteroatoms. The van der Waals surface area contributed by atoms with E-state index in [9.17, 15) is 19.8 Å². The number of aliphatic hydroxyl groups is 2. The number of carbonyl (C=O) groups is 2. The summed E-state index contributed by atoms with van der Waals surface area (Å²) in [5, 5.41) is 23.1. The molecule has 0 bridgehead atoms. The molecule has 0 saturated heterocycles. The zero-order chi connectivity index (χ0) is 23.8. The van der Waals surface area contributed by atoms with Crippen molar-refractivity contribution in [1.29, 1.82) is 0 Å². The van der Waals surface area contributed by atoms with Crippen molar-refractivity contribution in [1.82, 2.24) is 5.32 Å². The van der Waals surface area contributed by atoms with Crippen LogP contribution in [0.15, 0.2) is 84.1 Å². The number of Topliss-reactive ketones (excluding diaryl/α,β-unsaturated/α-hetero) is 1. The summed E-state index contributed by atoms with van der Waals surface area (Å²) in [6.07, 6.45) is 21.8. The lowest BCUT2D eigenvalue weighted by molar-refractivity contribution is -0.119. The standard InChI is InChI=1S/C27H37NO4/c1-4-5-6-7-14-23-20-24(29)18-17-21(2)12-8-10-15-25(30)26(31)19-22(3)13-9-11-16-27(32)28-23/h6-13,15-17,19,23,25-26,30-31H,4-5,14,18,20H2,1-3H3,(H,28,32)/b7-6+,12-8+,13-9+,15-10-,16-11+,21-17+,22-19-. The molecule has 5 nitrogen and oxygen atoms in total. The van der Waals surface area contributed by atoms with E-state index in [0.717, 1.165) is 24.0 Å². The lowest BCUT2D eigenvalue weighted by Gasteiger charge is -2.15. The van der Waals surface area contributed by atoms with Gasteiger partial charge < -0.3 is 15.5 Å². The fourth-order valence-electron chi connectivity index (χ4n) is 2.96. The quantitative estimate of drug-likeness (QED) is 0.566. The Morgan fingerprint density at radius 3 is 2.41 bits per heavy atom. The number of allylic oxidation sites excluding steroid dienone is 10. The molecule has 32 heavy (non-hydrogen) atoms. The largest absolute Gasteiger partial charge is 0.386 e. The summed E-state index contributed by atoms with van der Waals surface area (Å²) in [5.74, 6) is -0.206. The van der Waals surface area contributed by atoms with Gasteiger partial charge in [-0.25, -0.2) is 0 Å². The highest BCUT2D eigenvalue weighted by atomic mass is 16.3. The van der Waals surface area contributed by atoms with Crippen molar-refractivity contribution in [2.24, 2.45) is 0 Å². The Morgan fingerprint density at radius 1 is 0.969 bits per heavy atom. The molecule has 0 radical (unpaired) electrons. The van der Waals surface area contributed by atoms with Gasteiger partial charge in [0, 0.05) is 25.0 Å². The number of unbranched alkanes of at least 4 members (excludes halogenated alkanes) is 1. The fraction of sp³-hybridized carbons (Fsp3) is 0.407. The van der Waals surface area contributed by atoms with Crippen molar-refractivity contribution in [3.8, 4) is 0 Å². The smallest absolute Gasteiger partial charge is 0.244 e. The summed E-state index contributed by atoms with van der Waals surface area (Å²) < 4.78 is 0. The van der Waals surface area contributed by atoms with E-state index in [1.807, 2.05) is 25.2 Å². The summed E-state index contributed by atoms with van der Waals surface area (Å²) in [4.78, 5) is 24.8. The van der Waals surface area contributed by atoms with Gasteiger partial charge in [-0.2, -0.15) is 0 Å². The molecule has 0 fully saturated rings. The van der Waals surface area contributed by atoms with E-state index in [0.29, 0.717) is 6.42 Å². The van der Waals surface area contributed by atoms with E-state index in [-0.39, 0.29) is 30.6 Å². The Balaban J connectivity index is 3.04. The SMILES string of the molecule is CCC/C=C/CC1CC(=O)C/C=C(C)/C=C/C=C\C(O)C(O)\C=C(C)/C=C/C=C/C(=O)N1. The number of amides is 1. The van der Waals surface area contributed by atoms with Crippen LogP contribution in [0.1, 0.15) is 52.9 Å². The Bertz CT molecular complexity index is 812. The number of hydrogen-bond donors (Lipinski definition) is 3. The third kappa shape index (κ3) is 12.8. The van der Waals surface area contributed by atoms with Crippen molar-refractivity contribution in [3.05, 3.63) is 84.1 Å². The average molecular weight is 440 g/mol. The van der Waals surface area contributed by atoms with E-state index >= 15 is 0 Å². The molecule has 0 saturated carbocycles. The minimum atomic E-state index is -1.04. The van der Waals surface area contributed by atoms with Crippen LogP contribution in [-0.2, 0) is 9.59 Å². The third-order valence-electron chi connectivity index (χ3n) is 4.79. The van der Waals surface area contributed by atoms with E-state index in [1.165, 1.54) is 12.2 Å². The number of hydrogen-bond acceptors (Lipinski definition) is 4. The lowest BCUT2D eigenvalue weighted by atomic mass is 10.0. The van der Waals surface area contributed by atoms with Gasteiger partial charge in [-0.15, -0.1) is 0 Å². The van der Waals surface area contributed by atoms with Crippen LogP contribution in [0, 0.1) is 0 Å². The molecule has 1 aliphatic rings. The first-order chi connectivity index (χ1) is 15.3. The van der Waals surface area contributed by atoms with Gasteiger partial charge in [0.2, 0.25) is 5.91 Å². The van der Waals surface area contributed by atoms with Gasteiger partial charge in [-0.3, -0.25) is 9.59 Å². The monoisotopic (exact) mass is 439 g/mol. The molecule has 3 N–H and O–H groups in total. The third-order valence-corrected chi connectivity index (χ3v) is 4.79. The number of nitrogens with one attached hydrogen (secondary N) is 1. The van der Waals surface area contributed by atoms with Crippen LogP contribution in [0.3, 0.4) is 0 Å². The minimum absolute atomic E-state index is 0.0556. The van der Waals surface area contributed by atoms with Crippen LogP contribution < -0.4 is 5.32 Å². The fourth-order valence-corrected chi connectivity index (χ4v) is 2.96. The summed E-state index contributed by atoms with van der Waals surface area (Å²) in [6, 6.07) is -0.257. The maximum atomic E-state index is 12.5. The molecular weight excluding hydrogens is 402 g/mol. The van der Waals surface area contributed by atoms with Crippen LogP contribution >= 0.6 is 0 Å². The molecule has 0 aromatic heterocycles. The number of ketones is 1. The first-order valence-electron chi connectivity index (χ1n) is 11.2. The minimum Gasteiger partial charge on any atom is -0.386 e. The number of carbonyl (C=O) groups excluding carboxylic acids is 2. The second-order valence-corrected chi connectivity index (χ2v) is 7.95. The molecule has 1 amide bonds. The van der Waals surface area contributed by atoms with Crippen LogP contribution in [0.4, 0.5) is 0 Å². The van der Waals surface area contributed by atoms with Crippen LogP contribution in [0.25, 0.3) is 0 Å². The van der Waals surface area contributed by atoms with E-state index in [4.69, 9.17) is 0 Å². The van der Waals surface area contributed by atoms with Gasteiger partial charge in [0.1, 0.15) is 18.0 Å². The molecule has 1 rings (SSSR count). The zero-order valence-electron chi connectivity index (χ0n) is 19.4. The Labute approximate surface area is 192 Å². The first-order valence-corrected chi connectivity index (χ1v) is 11.2. The molecule has 3 atom stereocenters. The van der Waals surface area contributed by atoms with E-state index in [1.54, 1.807) is 43.4 Å². The molecule has 1 aliphatic heterocycles. The van der Waals surface area contributed by atoms with Crippen LogP contribution in [0.5, 0.6) is 0 Å². The molecule has 0 spiro atoms. The van der Waals surface area contributed by atoms with Crippen molar-refractivity contribution in [2.45, 2.75) is 71.1 Å². The summed E-state index contributed by atoms with van der Waals surface area (Å²) in [6.45, 7) is 5.80. The van der Waals surface area contributed by atoms with Crippen LogP contribution in [0.2, 0.25) is 0 Å². The summed E-state index contributed by atoms with van der Waals surface area (Å²) in [7, 11) is 0. The molecule has 0 aliphatic carbocycles. The molecular formula is C27H37NO4. The highest BCUT2D eigenvalue weighted by Crippen LogP contribution is 2.08. The predicted molar refractivity (Wildman–Crippen MR) is 131 cm³/mol.